The van der Waals surface area contributed by atoms with Crippen molar-refractivity contribution in [2.75, 3.05) is 13.2 Å². The first kappa shape index (κ1) is 77.1. The van der Waals surface area contributed by atoms with Gasteiger partial charge in [0.25, 0.3) is 0 Å². The molecule has 2 atom stereocenters. The molecule has 0 aliphatic carbocycles. The zero-order valence-electron chi connectivity index (χ0n) is 53.4. The monoisotopic (exact) mass is 1110 g/mol. The maximum absolute atomic E-state index is 12.5. The van der Waals surface area contributed by atoms with Crippen LogP contribution >= 0.6 is 0 Å². The Morgan fingerprint density at radius 2 is 0.595 bits per heavy atom. The van der Waals surface area contributed by atoms with E-state index in [9.17, 15) is 19.8 Å². The molecule has 0 saturated heterocycles. The van der Waals surface area contributed by atoms with Gasteiger partial charge in [-0.2, -0.15) is 0 Å². The third kappa shape index (κ3) is 65.1. The van der Waals surface area contributed by atoms with E-state index >= 15 is 0 Å². The van der Waals surface area contributed by atoms with Gasteiger partial charge in [-0.15, -0.1) is 0 Å². The molecule has 79 heavy (non-hydrogen) atoms. The highest BCUT2D eigenvalue weighted by Crippen LogP contribution is 2.18. The summed E-state index contributed by atoms with van der Waals surface area (Å²) in [6, 6.07) is -0.636. The number of aliphatic hydroxyl groups excluding tert-OH is 2. The molecule has 0 aromatic carbocycles. The van der Waals surface area contributed by atoms with Crippen molar-refractivity contribution in [3.63, 3.8) is 0 Å². The average molecular weight is 1110 g/mol. The molecule has 0 radical (unpaired) electrons. The molecule has 6 nitrogen and oxygen atoms in total. The minimum Gasteiger partial charge on any atom is -0.466 e. The lowest BCUT2D eigenvalue weighted by Crippen LogP contribution is -2.45. The van der Waals surface area contributed by atoms with Crippen molar-refractivity contribution in [3.8, 4) is 0 Å². The van der Waals surface area contributed by atoms with Crippen LogP contribution in [0, 0.1) is 0 Å². The Morgan fingerprint density at radius 3 is 0.899 bits per heavy atom. The van der Waals surface area contributed by atoms with Crippen molar-refractivity contribution in [2.24, 2.45) is 0 Å². The predicted octanol–water partition coefficient (Wildman–Crippen LogP) is 23.1. The molecule has 0 aromatic heterocycles. The van der Waals surface area contributed by atoms with E-state index in [-0.39, 0.29) is 18.5 Å². The van der Waals surface area contributed by atoms with E-state index in [2.05, 4.69) is 43.5 Å². The van der Waals surface area contributed by atoms with E-state index in [0.717, 1.165) is 51.4 Å². The van der Waals surface area contributed by atoms with Crippen LogP contribution in [0.2, 0.25) is 0 Å². The second kappa shape index (κ2) is 68.6. The molecule has 0 saturated carbocycles. The zero-order chi connectivity index (χ0) is 57.1. The van der Waals surface area contributed by atoms with E-state index in [4.69, 9.17) is 4.74 Å². The van der Waals surface area contributed by atoms with E-state index in [1.165, 1.54) is 315 Å². The van der Waals surface area contributed by atoms with Gasteiger partial charge in [0.05, 0.1) is 25.4 Å². The van der Waals surface area contributed by atoms with Crippen LogP contribution < -0.4 is 5.32 Å². The molecule has 0 fully saturated rings. The molecule has 2 unspecified atom stereocenters. The highest BCUT2D eigenvalue weighted by Gasteiger charge is 2.18. The van der Waals surface area contributed by atoms with Crippen molar-refractivity contribution in [1.29, 1.82) is 0 Å². The minimum absolute atomic E-state index is 0.00495. The van der Waals surface area contributed by atoms with Crippen LogP contribution in [0.4, 0.5) is 0 Å². The number of ether oxygens (including phenoxy) is 1. The number of hydrogen-bond acceptors (Lipinski definition) is 5. The molecule has 0 spiro atoms. The second-order valence-corrected chi connectivity index (χ2v) is 24.6. The predicted molar refractivity (Wildman–Crippen MR) is 347 cm³/mol. The van der Waals surface area contributed by atoms with Gasteiger partial charge in [0, 0.05) is 12.8 Å². The van der Waals surface area contributed by atoms with Crippen molar-refractivity contribution in [3.05, 3.63) is 36.5 Å². The Morgan fingerprint density at radius 1 is 0.342 bits per heavy atom. The molecule has 0 aliphatic rings. The third-order valence-electron chi connectivity index (χ3n) is 16.6. The van der Waals surface area contributed by atoms with Gasteiger partial charge in [-0.3, -0.25) is 9.59 Å². The summed E-state index contributed by atoms with van der Waals surface area (Å²) in [4.78, 5) is 24.6. The molecule has 6 heteroatoms. The Balaban J connectivity index is 3.44. The van der Waals surface area contributed by atoms with Crippen molar-refractivity contribution < 1.29 is 24.5 Å². The number of esters is 1. The van der Waals surface area contributed by atoms with E-state index in [0.29, 0.717) is 19.4 Å². The largest absolute Gasteiger partial charge is 0.466 e. The van der Waals surface area contributed by atoms with Crippen LogP contribution in [0.25, 0.3) is 0 Å². The van der Waals surface area contributed by atoms with E-state index in [1.807, 2.05) is 6.08 Å². The van der Waals surface area contributed by atoms with E-state index < -0.39 is 12.1 Å². The van der Waals surface area contributed by atoms with Gasteiger partial charge >= 0.3 is 5.97 Å². The fourth-order valence-electron chi connectivity index (χ4n) is 11.2. The van der Waals surface area contributed by atoms with Gasteiger partial charge in [-0.1, -0.05) is 333 Å². The normalized spacial score (nSPS) is 12.7. The number of carbonyl (C=O) groups excluding carboxylic acids is 2. The smallest absolute Gasteiger partial charge is 0.305 e. The molecule has 0 aliphatic heterocycles. The molecule has 0 bridgehead atoms. The first-order chi connectivity index (χ1) is 39.0. The van der Waals surface area contributed by atoms with Gasteiger partial charge in [0.1, 0.15) is 0 Å². The molecule has 0 heterocycles. The standard InChI is InChI=1S/C73H139NO5/c1-3-5-7-9-11-13-15-17-19-21-22-23-24-25-27-30-34-37-41-45-49-53-57-61-65-71(76)70(69-75)74-72(77)66-62-58-54-50-46-42-38-35-31-28-26-29-32-36-40-44-48-52-56-60-64-68-79-73(78)67-63-59-55-51-47-43-39-33-20-18-16-14-12-10-8-6-4-2/h18,20,28,31,61,65,70-71,75-76H,3-17,19,21-27,29-30,32-60,62-64,66-69H2,1-2H3,(H,74,77)/b20-18-,31-28-,65-61+. The van der Waals surface area contributed by atoms with Crippen molar-refractivity contribution in [2.45, 2.75) is 405 Å². The van der Waals surface area contributed by atoms with Crippen LogP contribution in [0.5, 0.6) is 0 Å². The Kier molecular flexibility index (Phi) is 66.9. The van der Waals surface area contributed by atoms with Crippen LogP contribution in [0.3, 0.4) is 0 Å². The second-order valence-electron chi connectivity index (χ2n) is 24.6. The van der Waals surface area contributed by atoms with Gasteiger partial charge in [0.15, 0.2) is 0 Å². The average Bonchev–Trinajstić information content (AvgIpc) is 3.45. The molecule has 466 valence electrons. The number of aliphatic hydroxyl groups is 2. The Hall–Kier alpha value is -1.92. The third-order valence-corrected chi connectivity index (χ3v) is 16.6. The SMILES string of the molecule is CCCCCCCC/C=C\CCCCCCCCCC(=O)OCCCCCCCCCCCC/C=C\CCCCCCCCCC(=O)NC(CO)C(O)/C=C/CCCCCCCCCCCCCCCCCCCCCCCC. The Bertz CT molecular complexity index is 1280. The first-order valence-electron chi connectivity index (χ1n) is 35.8. The summed E-state index contributed by atoms with van der Waals surface area (Å²) in [5, 5.41) is 23.3. The summed E-state index contributed by atoms with van der Waals surface area (Å²) >= 11 is 0. The highest BCUT2D eigenvalue weighted by molar-refractivity contribution is 5.76. The molecular formula is C73H139NO5. The van der Waals surface area contributed by atoms with Gasteiger partial charge in [-0.25, -0.2) is 0 Å². The van der Waals surface area contributed by atoms with Crippen LogP contribution in [0.15, 0.2) is 36.5 Å². The maximum Gasteiger partial charge on any atom is 0.305 e. The summed E-state index contributed by atoms with van der Waals surface area (Å²) in [5.41, 5.74) is 0. The molecule has 3 N–H and O–H groups in total. The van der Waals surface area contributed by atoms with Gasteiger partial charge in [-0.05, 0) is 83.5 Å². The fraction of sp³-hybridized carbons (Fsp3) is 0.890. The summed E-state index contributed by atoms with van der Waals surface area (Å²) in [7, 11) is 0. The number of carbonyl (C=O) groups is 2. The number of unbranched alkanes of at least 4 members (excludes halogenated alkanes) is 52. The van der Waals surface area contributed by atoms with Crippen LogP contribution in [-0.2, 0) is 14.3 Å². The summed E-state index contributed by atoms with van der Waals surface area (Å²) < 4.78 is 5.50. The lowest BCUT2D eigenvalue weighted by molar-refractivity contribution is -0.143. The first-order valence-corrected chi connectivity index (χ1v) is 35.8. The molecular weight excluding hydrogens is 971 g/mol. The van der Waals surface area contributed by atoms with Gasteiger partial charge in [0.2, 0.25) is 5.91 Å². The number of allylic oxidation sites excluding steroid dienone is 5. The zero-order valence-corrected chi connectivity index (χ0v) is 53.4. The Labute approximate surface area is 494 Å². The van der Waals surface area contributed by atoms with Crippen molar-refractivity contribution in [1.82, 2.24) is 5.32 Å². The topological polar surface area (TPSA) is 95.9 Å². The summed E-state index contributed by atoms with van der Waals surface area (Å²) in [6.45, 7) is 4.93. The minimum atomic E-state index is -0.851. The fourth-order valence-corrected chi connectivity index (χ4v) is 11.2. The lowest BCUT2D eigenvalue weighted by atomic mass is 10.0. The van der Waals surface area contributed by atoms with Crippen LogP contribution in [0.1, 0.15) is 393 Å². The van der Waals surface area contributed by atoms with E-state index in [1.54, 1.807) is 6.08 Å². The van der Waals surface area contributed by atoms with Gasteiger partial charge < -0.3 is 20.3 Å². The summed E-state index contributed by atoms with van der Waals surface area (Å²) in [6.07, 6.45) is 87.9. The maximum atomic E-state index is 12.5. The quantitative estimate of drug-likeness (QED) is 0.0320. The number of rotatable bonds is 67. The molecule has 1 amide bonds. The number of hydrogen-bond donors (Lipinski definition) is 3. The van der Waals surface area contributed by atoms with Crippen LogP contribution in [-0.4, -0.2) is 47.4 Å². The molecule has 0 aromatic rings. The lowest BCUT2D eigenvalue weighted by Gasteiger charge is -2.20. The van der Waals surface area contributed by atoms with Crippen molar-refractivity contribution >= 4 is 11.9 Å². The molecule has 0 rings (SSSR count). The number of nitrogens with one attached hydrogen (secondary N) is 1. The summed E-state index contributed by atoms with van der Waals surface area (Å²) in [5.74, 6) is -0.0670. The highest BCUT2D eigenvalue weighted by atomic mass is 16.5. The number of amides is 1.